The Bertz CT molecular complexity index is 469. The fourth-order valence-corrected chi connectivity index (χ4v) is 4.67. The van der Waals surface area contributed by atoms with Crippen LogP contribution in [0.3, 0.4) is 0 Å². The standard InChI is InChI=1S/C10H9BrN2S2/c11-8-4-5-7(14-8)3-1-2-6-9(5)15-10(12)13-6/h4H,1-3H2,(H2,12,13). The second-order valence-electron chi connectivity index (χ2n) is 3.57. The summed E-state index contributed by atoms with van der Waals surface area (Å²) in [5, 5.41) is 0.690. The first kappa shape index (κ1) is 9.81. The number of anilines is 1. The first-order valence-corrected chi connectivity index (χ1v) is 7.20. The van der Waals surface area contributed by atoms with E-state index < -0.39 is 0 Å². The molecular weight excluding hydrogens is 292 g/mol. The van der Waals surface area contributed by atoms with Gasteiger partial charge >= 0.3 is 0 Å². The Kier molecular flexibility index (Phi) is 2.34. The number of halogens is 1. The number of hydrogen-bond donors (Lipinski definition) is 1. The van der Waals surface area contributed by atoms with Crippen molar-refractivity contribution in [2.24, 2.45) is 0 Å². The molecule has 15 heavy (non-hydrogen) atoms. The molecule has 0 saturated heterocycles. The van der Waals surface area contributed by atoms with Crippen LogP contribution in [0, 0.1) is 0 Å². The van der Waals surface area contributed by atoms with Gasteiger partial charge in [0, 0.05) is 10.4 Å². The molecule has 0 unspecified atom stereocenters. The van der Waals surface area contributed by atoms with E-state index in [4.69, 9.17) is 5.73 Å². The summed E-state index contributed by atoms with van der Waals surface area (Å²) >= 11 is 6.99. The molecule has 2 aromatic rings. The van der Waals surface area contributed by atoms with E-state index in [0.29, 0.717) is 5.13 Å². The summed E-state index contributed by atoms with van der Waals surface area (Å²) in [5.74, 6) is 0. The average Bonchev–Trinajstić information content (AvgIpc) is 2.67. The molecule has 0 radical (unpaired) electrons. The molecule has 0 spiro atoms. The number of fused-ring (bicyclic) bond motifs is 3. The molecule has 0 aliphatic heterocycles. The fraction of sp³-hybridized carbons (Fsp3) is 0.300. The van der Waals surface area contributed by atoms with Crippen molar-refractivity contribution in [1.29, 1.82) is 0 Å². The van der Waals surface area contributed by atoms with Gasteiger partial charge in [-0.2, -0.15) is 0 Å². The largest absolute Gasteiger partial charge is 0.375 e. The second-order valence-corrected chi connectivity index (χ2v) is 7.12. The molecule has 0 amide bonds. The Morgan fingerprint density at radius 3 is 3.07 bits per heavy atom. The summed E-state index contributed by atoms with van der Waals surface area (Å²) in [5.41, 5.74) is 8.30. The van der Waals surface area contributed by atoms with E-state index in [1.54, 1.807) is 11.3 Å². The lowest BCUT2D eigenvalue weighted by Crippen LogP contribution is -1.88. The first-order chi connectivity index (χ1) is 7.24. The van der Waals surface area contributed by atoms with Gasteiger partial charge in [0.1, 0.15) is 0 Å². The van der Waals surface area contributed by atoms with Gasteiger partial charge in [-0.3, -0.25) is 0 Å². The van der Waals surface area contributed by atoms with Gasteiger partial charge in [0.15, 0.2) is 5.13 Å². The van der Waals surface area contributed by atoms with Crippen LogP contribution in [0.1, 0.15) is 17.0 Å². The molecule has 2 heterocycles. The molecule has 0 fully saturated rings. The van der Waals surface area contributed by atoms with Gasteiger partial charge in [-0.15, -0.1) is 11.3 Å². The van der Waals surface area contributed by atoms with Gasteiger partial charge in [-0.05, 0) is 41.3 Å². The van der Waals surface area contributed by atoms with Crippen LogP contribution in [0.25, 0.3) is 10.4 Å². The number of nitrogens with two attached hydrogens (primary N) is 1. The lowest BCUT2D eigenvalue weighted by molar-refractivity contribution is 0.826. The van der Waals surface area contributed by atoms with E-state index in [9.17, 15) is 0 Å². The van der Waals surface area contributed by atoms with Crippen LogP contribution in [0.4, 0.5) is 5.13 Å². The van der Waals surface area contributed by atoms with Gasteiger partial charge in [0.2, 0.25) is 0 Å². The van der Waals surface area contributed by atoms with Crippen molar-refractivity contribution in [2.45, 2.75) is 19.3 Å². The number of hydrogen-bond acceptors (Lipinski definition) is 4. The minimum atomic E-state index is 0.690. The highest BCUT2D eigenvalue weighted by atomic mass is 79.9. The van der Waals surface area contributed by atoms with Crippen LogP contribution >= 0.6 is 38.6 Å². The first-order valence-electron chi connectivity index (χ1n) is 4.78. The third kappa shape index (κ3) is 1.62. The SMILES string of the molecule is Nc1nc2c(s1)-c1cc(Br)sc1CCC2. The van der Waals surface area contributed by atoms with Crippen molar-refractivity contribution < 1.29 is 0 Å². The van der Waals surface area contributed by atoms with Gasteiger partial charge in [-0.25, -0.2) is 4.98 Å². The lowest BCUT2D eigenvalue weighted by atomic mass is 10.2. The highest BCUT2D eigenvalue weighted by Gasteiger charge is 2.20. The van der Waals surface area contributed by atoms with Crippen molar-refractivity contribution in [3.63, 3.8) is 0 Å². The molecule has 0 saturated carbocycles. The smallest absolute Gasteiger partial charge is 0.180 e. The minimum absolute atomic E-state index is 0.690. The van der Waals surface area contributed by atoms with Crippen molar-refractivity contribution in [2.75, 3.05) is 5.73 Å². The Morgan fingerprint density at radius 1 is 1.33 bits per heavy atom. The average molecular weight is 301 g/mol. The van der Waals surface area contributed by atoms with E-state index in [1.165, 1.54) is 31.2 Å². The topological polar surface area (TPSA) is 38.9 Å². The van der Waals surface area contributed by atoms with E-state index in [1.807, 2.05) is 11.3 Å². The summed E-state index contributed by atoms with van der Waals surface area (Å²) in [6.07, 6.45) is 3.40. The van der Waals surface area contributed by atoms with Crippen molar-refractivity contribution in [3.05, 3.63) is 20.4 Å². The number of aromatic nitrogens is 1. The van der Waals surface area contributed by atoms with Gasteiger partial charge < -0.3 is 5.73 Å². The fourth-order valence-electron chi connectivity index (χ4n) is 1.94. The molecule has 0 bridgehead atoms. The zero-order valence-electron chi connectivity index (χ0n) is 7.92. The van der Waals surface area contributed by atoms with Crippen molar-refractivity contribution in [1.82, 2.24) is 4.98 Å². The maximum absolute atomic E-state index is 5.77. The number of thiophene rings is 1. The van der Waals surface area contributed by atoms with Crippen LogP contribution in [-0.4, -0.2) is 4.98 Å². The number of aryl methyl sites for hydroxylation is 2. The Balaban J connectivity index is 2.25. The molecule has 3 rings (SSSR count). The van der Waals surface area contributed by atoms with E-state index in [-0.39, 0.29) is 0 Å². The normalized spacial score (nSPS) is 14.5. The maximum Gasteiger partial charge on any atom is 0.180 e. The van der Waals surface area contributed by atoms with E-state index in [0.717, 1.165) is 12.8 Å². The quantitative estimate of drug-likeness (QED) is 0.805. The third-order valence-electron chi connectivity index (χ3n) is 2.55. The number of thiazole rings is 1. The van der Waals surface area contributed by atoms with Crippen LogP contribution in [-0.2, 0) is 12.8 Å². The van der Waals surface area contributed by atoms with Crippen LogP contribution in [0.2, 0.25) is 0 Å². The summed E-state index contributed by atoms with van der Waals surface area (Å²) < 4.78 is 1.20. The van der Waals surface area contributed by atoms with E-state index >= 15 is 0 Å². The Morgan fingerprint density at radius 2 is 2.20 bits per heavy atom. The van der Waals surface area contributed by atoms with Crippen molar-refractivity contribution in [3.8, 4) is 10.4 Å². The maximum atomic E-state index is 5.77. The zero-order valence-corrected chi connectivity index (χ0v) is 11.1. The molecule has 0 atom stereocenters. The molecule has 1 aliphatic carbocycles. The monoisotopic (exact) mass is 300 g/mol. The number of nitrogens with zero attached hydrogens (tertiary/aromatic N) is 1. The molecule has 2 aromatic heterocycles. The third-order valence-corrected chi connectivity index (χ3v) is 5.21. The van der Waals surface area contributed by atoms with Crippen LogP contribution in [0.5, 0.6) is 0 Å². The summed E-state index contributed by atoms with van der Waals surface area (Å²) in [7, 11) is 0. The van der Waals surface area contributed by atoms with Crippen LogP contribution < -0.4 is 5.73 Å². The molecule has 5 heteroatoms. The predicted octanol–water partition coefficient (Wildman–Crippen LogP) is 3.71. The van der Waals surface area contributed by atoms with Crippen molar-refractivity contribution >= 4 is 43.7 Å². The zero-order chi connectivity index (χ0) is 10.4. The lowest BCUT2D eigenvalue weighted by Gasteiger charge is -1.94. The Hall–Kier alpha value is -0.390. The van der Waals surface area contributed by atoms with Gasteiger partial charge in [0.25, 0.3) is 0 Å². The predicted molar refractivity (Wildman–Crippen MR) is 69.6 cm³/mol. The number of nitrogen functional groups attached to an aromatic ring is 1. The Labute approximate surface area is 104 Å². The molecule has 0 aromatic carbocycles. The molecule has 78 valence electrons. The minimum Gasteiger partial charge on any atom is -0.375 e. The molecule has 1 aliphatic rings. The number of rotatable bonds is 0. The molecular formula is C10H9BrN2S2. The van der Waals surface area contributed by atoms with E-state index in [2.05, 4.69) is 27.0 Å². The summed E-state index contributed by atoms with van der Waals surface area (Å²) in [6, 6.07) is 2.20. The second kappa shape index (κ2) is 3.57. The highest BCUT2D eigenvalue weighted by Crippen LogP contribution is 2.42. The summed E-state index contributed by atoms with van der Waals surface area (Å²) in [6.45, 7) is 0. The summed E-state index contributed by atoms with van der Waals surface area (Å²) in [4.78, 5) is 7.15. The molecule has 2 nitrogen and oxygen atoms in total. The van der Waals surface area contributed by atoms with Crippen LogP contribution in [0.15, 0.2) is 9.85 Å². The van der Waals surface area contributed by atoms with Gasteiger partial charge in [-0.1, -0.05) is 11.3 Å². The van der Waals surface area contributed by atoms with Gasteiger partial charge in [0.05, 0.1) is 14.4 Å². The highest BCUT2D eigenvalue weighted by molar-refractivity contribution is 9.11. The molecule has 2 N–H and O–H groups in total.